The van der Waals surface area contributed by atoms with Gasteiger partial charge in [-0.2, -0.15) is 0 Å². The Morgan fingerprint density at radius 1 is 0.594 bits per heavy atom. The van der Waals surface area contributed by atoms with Crippen LogP contribution in [0.4, 0.5) is 0 Å². The van der Waals surface area contributed by atoms with Gasteiger partial charge in [0.1, 0.15) is 0 Å². The van der Waals surface area contributed by atoms with E-state index in [0.29, 0.717) is 23.0 Å². The summed E-state index contributed by atoms with van der Waals surface area (Å²) >= 11 is 0. The summed E-state index contributed by atoms with van der Waals surface area (Å²) in [4.78, 5) is 25.7. The first-order valence-electron chi connectivity index (χ1n) is 12.1. The second kappa shape index (κ2) is 10.6. The van der Waals surface area contributed by atoms with Crippen molar-refractivity contribution in [2.75, 3.05) is 0 Å². The summed E-state index contributed by atoms with van der Waals surface area (Å²) in [6.45, 7) is 17.9. The van der Waals surface area contributed by atoms with Crippen molar-refractivity contribution in [1.29, 1.82) is 0 Å². The highest BCUT2D eigenvalue weighted by atomic mass is 16.2. The molecule has 0 heterocycles. The summed E-state index contributed by atoms with van der Waals surface area (Å²) in [6.07, 6.45) is 4.51. The van der Waals surface area contributed by atoms with Crippen molar-refractivity contribution < 1.29 is 9.59 Å². The van der Waals surface area contributed by atoms with E-state index in [0.717, 1.165) is 25.7 Å². The van der Waals surface area contributed by atoms with E-state index in [1.807, 2.05) is 24.3 Å². The van der Waals surface area contributed by atoms with Gasteiger partial charge in [-0.25, -0.2) is 0 Å². The third-order valence-corrected chi connectivity index (χ3v) is 6.76. The average molecular weight is 435 g/mol. The molecular formula is C30H42O2. The number of carbonyl (C=O) groups is 2. The molecule has 2 aromatic rings. The summed E-state index contributed by atoms with van der Waals surface area (Å²) in [7, 11) is 0. The number of carbonyl (C=O) groups excluding carboxylic acids is 2. The van der Waals surface area contributed by atoms with Crippen molar-refractivity contribution >= 4 is 11.6 Å². The summed E-state index contributed by atoms with van der Waals surface area (Å²) in [5.74, 6) is 0.451. The van der Waals surface area contributed by atoms with Crippen molar-refractivity contribution in [3.05, 3.63) is 70.8 Å². The van der Waals surface area contributed by atoms with E-state index < -0.39 is 11.6 Å². The summed E-state index contributed by atoms with van der Waals surface area (Å²) < 4.78 is 0. The second-order valence-electron chi connectivity index (χ2n) is 11.4. The maximum Gasteiger partial charge on any atom is 0.233 e. The molecule has 174 valence electrons. The molecule has 2 heteroatoms. The van der Waals surface area contributed by atoms with Gasteiger partial charge in [-0.1, -0.05) is 117 Å². The van der Waals surface area contributed by atoms with Crippen molar-refractivity contribution in [3.63, 3.8) is 0 Å². The Kier molecular flexibility index (Phi) is 8.62. The van der Waals surface area contributed by atoms with Crippen LogP contribution in [-0.2, 0) is 10.8 Å². The van der Waals surface area contributed by atoms with Crippen molar-refractivity contribution in [2.45, 2.75) is 91.9 Å². The normalized spacial score (nSPS) is 12.4. The Bertz CT molecular complexity index is 819. The quantitative estimate of drug-likeness (QED) is 0.264. The molecule has 0 amide bonds. The van der Waals surface area contributed by atoms with E-state index in [4.69, 9.17) is 0 Å². The molecule has 2 nitrogen and oxygen atoms in total. The number of hydrogen-bond acceptors (Lipinski definition) is 2. The molecule has 0 spiro atoms. The van der Waals surface area contributed by atoms with E-state index in [9.17, 15) is 9.59 Å². The lowest BCUT2D eigenvalue weighted by Gasteiger charge is -2.26. The Balaban J connectivity index is 2.11. The zero-order chi connectivity index (χ0) is 24.1. The largest absolute Gasteiger partial charge is 0.285 e. The predicted octanol–water partition coefficient (Wildman–Crippen LogP) is 8.18. The van der Waals surface area contributed by atoms with Crippen LogP contribution in [0.3, 0.4) is 0 Å². The number of rotatable bonds is 11. The van der Waals surface area contributed by atoms with Gasteiger partial charge in [0.15, 0.2) is 0 Å². The minimum atomic E-state index is -0.441. The maximum absolute atomic E-state index is 12.8. The summed E-state index contributed by atoms with van der Waals surface area (Å²) in [6, 6.07) is 15.2. The molecular weight excluding hydrogens is 392 g/mol. The smallest absolute Gasteiger partial charge is 0.233 e. The molecule has 0 atom stereocenters. The number of benzene rings is 2. The SMILES string of the molecule is CC(C)CCC(C)(C)c1ccc(C(=O)C(=O)c2ccc(C(C)(C)CCC(C)C)cc2)cc1. The molecule has 0 bridgehead atoms. The van der Waals surface area contributed by atoms with Crippen molar-refractivity contribution in [3.8, 4) is 0 Å². The van der Waals surface area contributed by atoms with Crippen LogP contribution in [0.5, 0.6) is 0 Å². The molecule has 0 aromatic heterocycles. The molecule has 0 saturated carbocycles. The topological polar surface area (TPSA) is 34.1 Å². The van der Waals surface area contributed by atoms with E-state index in [1.165, 1.54) is 11.1 Å². The van der Waals surface area contributed by atoms with Gasteiger partial charge in [-0.15, -0.1) is 0 Å². The van der Waals surface area contributed by atoms with Crippen molar-refractivity contribution in [2.24, 2.45) is 11.8 Å². The standard InChI is InChI=1S/C30H42O2/c1-21(2)17-19-29(5,6)25-13-9-23(10-14-25)27(31)28(32)24-11-15-26(16-12-24)30(7,8)20-18-22(3)4/h9-16,21-22H,17-20H2,1-8H3. The lowest BCUT2D eigenvalue weighted by Crippen LogP contribution is -2.20. The van der Waals surface area contributed by atoms with E-state index in [-0.39, 0.29) is 10.8 Å². The van der Waals surface area contributed by atoms with Crippen molar-refractivity contribution in [1.82, 2.24) is 0 Å². The minimum absolute atomic E-state index is 0.0497. The Morgan fingerprint density at radius 3 is 1.12 bits per heavy atom. The van der Waals surface area contributed by atoms with Crippen LogP contribution < -0.4 is 0 Å². The lowest BCUT2D eigenvalue weighted by atomic mass is 9.78. The monoisotopic (exact) mass is 434 g/mol. The van der Waals surface area contributed by atoms with Crippen LogP contribution in [0.1, 0.15) is 113 Å². The van der Waals surface area contributed by atoms with Crippen LogP contribution in [0.15, 0.2) is 48.5 Å². The first kappa shape index (κ1) is 26.0. The lowest BCUT2D eigenvalue weighted by molar-refractivity contribution is 0.0817. The number of Topliss-reactive ketones (excluding diaryl/α,β-unsaturated/α-hetero) is 2. The fourth-order valence-electron chi connectivity index (χ4n) is 4.00. The minimum Gasteiger partial charge on any atom is -0.285 e. The van der Waals surface area contributed by atoms with Gasteiger partial charge in [0.2, 0.25) is 11.6 Å². The van der Waals surface area contributed by atoms with E-state index in [2.05, 4.69) is 55.4 Å². The van der Waals surface area contributed by atoms with Gasteiger partial charge < -0.3 is 0 Å². The van der Waals surface area contributed by atoms with Gasteiger partial charge in [-0.05, 0) is 46.6 Å². The molecule has 0 N–H and O–H groups in total. The molecule has 0 aliphatic carbocycles. The fraction of sp³-hybridized carbons (Fsp3) is 0.533. The highest BCUT2D eigenvalue weighted by Gasteiger charge is 2.24. The van der Waals surface area contributed by atoms with Crippen LogP contribution in [0.25, 0.3) is 0 Å². The molecule has 0 radical (unpaired) electrons. The van der Waals surface area contributed by atoms with Gasteiger partial charge in [-0.3, -0.25) is 9.59 Å². The van der Waals surface area contributed by atoms with Gasteiger partial charge in [0, 0.05) is 11.1 Å². The highest BCUT2D eigenvalue weighted by Crippen LogP contribution is 2.31. The van der Waals surface area contributed by atoms with E-state index >= 15 is 0 Å². The second-order valence-corrected chi connectivity index (χ2v) is 11.4. The Morgan fingerprint density at radius 2 is 0.875 bits per heavy atom. The van der Waals surface area contributed by atoms with Crippen LogP contribution >= 0.6 is 0 Å². The molecule has 0 unspecified atom stereocenters. The van der Waals surface area contributed by atoms with Gasteiger partial charge in [0.05, 0.1) is 0 Å². The first-order valence-corrected chi connectivity index (χ1v) is 12.1. The Labute approximate surface area is 195 Å². The fourth-order valence-corrected chi connectivity index (χ4v) is 4.00. The van der Waals surface area contributed by atoms with Crippen LogP contribution in [0, 0.1) is 11.8 Å². The molecule has 0 aliphatic heterocycles. The van der Waals surface area contributed by atoms with Crippen LogP contribution in [-0.4, -0.2) is 11.6 Å². The molecule has 0 aliphatic rings. The summed E-state index contributed by atoms with van der Waals surface area (Å²) in [5, 5.41) is 0. The molecule has 0 saturated heterocycles. The van der Waals surface area contributed by atoms with Gasteiger partial charge >= 0.3 is 0 Å². The first-order chi connectivity index (χ1) is 14.8. The number of ketones is 2. The third-order valence-electron chi connectivity index (χ3n) is 6.76. The highest BCUT2D eigenvalue weighted by molar-refractivity contribution is 6.49. The molecule has 2 rings (SSSR count). The predicted molar refractivity (Wildman–Crippen MR) is 136 cm³/mol. The maximum atomic E-state index is 12.8. The Hall–Kier alpha value is -2.22. The molecule has 0 fully saturated rings. The zero-order valence-corrected chi connectivity index (χ0v) is 21.4. The van der Waals surface area contributed by atoms with Gasteiger partial charge in [0.25, 0.3) is 0 Å². The zero-order valence-electron chi connectivity index (χ0n) is 21.4. The average Bonchev–Trinajstić information content (AvgIpc) is 2.75. The van der Waals surface area contributed by atoms with E-state index in [1.54, 1.807) is 24.3 Å². The molecule has 32 heavy (non-hydrogen) atoms. The number of hydrogen-bond donors (Lipinski definition) is 0. The van der Waals surface area contributed by atoms with Crippen LogP contribution in [0.2, 0.25) is 0 Å². The molecule has 2 aromatic carbocycles. The third kappa shape index (κ3) is 6.89. The summed E-state index contributed by atoms with van der Waals surface area (Å²) in [5.41, 5.74) is 3.42.